The van der Waals surface area contributed by atoms with Crippen molar-refractivity contribution in [2.75, 3.05) is 23.3 Å². The van der Waals surface area contributed by atoms with Gasteiger partial charge in [-0.25, -0.2) is 9.78 Å². The van der Waals surface area contributed by atoms with Crippen molar-refractivity contribution in [2.24, 2.45) is 0 Å². The Kier molecular flexibility index (Phi) is 6.87. The lowest BCUT2D eigenvalue weighted by Crippen LogP contribution is -2.49. The molecule has 0 unspecified atom stereocenters. The summed E-state index contributed by atoms with van der Waals surface area (Å²) in [6.07, 6.45) is 4.41. The molecule has 1 saturated heterocycles. The summed E-state index contributed by atoms with van der Waals surface area (Å²) in [5.74, 6) is 0.717. The van der Waals surface area contributed by atoms with E-state index in [1.54, 1.807) is 35.4 Å². The Balaban J connectivity index is 1.29. The molecule has 6 rings (SSSR count). The van der Waals surface area contributed by atoms with Gasteiger partial charge in [0, 0.05) is 31.4 Å². The number of amides is 4. The number of urea groups is 1. The third-order valence-corrected chi connectivity index (χ3v) is 8.23. The van der Waals surface area contributed by atoms with E-state index in [1.807, 2.05) is 30.3 Å². The normalized spacial score (nSPS) is 16.4. The standard InChI is InChI=1S/C29H24ClN5O4S/c1-2-23(36)34-14-6-7-17(16-34)32-27(37)26-25-24-22(12-13-31-28(24)40-26)35(29(38)33-25)21-11-10-19(15-20(21)30)39-18-8-4-3-5-9-18/h2-5,8-13,15,17H,1,6-7,14,16H2,(H,32,37)(H,33,38)/t17-/m1/s1. The first kappa shape index (κ1) is 25.8. The quantitative estimate of drug-likeness (QED) is 0.262. The third kappa shape index (κ3) is 4.76. The molecule has 0 spiro atoms. The fourth-order valence-electron chi connectivity index (χ4n) is 5.02. The maximum absolute atomic E-state index is 13.5. The van der Waals surface area contributed by atoms with Crippen LogP contribution in [0.25, 0.3) is 10.2 Å². The van der Waals surface area contributed by atoms with Crippen LogP contribution in [-0.4, -0.2) is 46.9 Å². The average Bonchev–Trinajstić information content (AvgIpc) is 3.33. The number of carbonyl (C=O) groups excluding carboxylic acids is 3. The van der Waals surface area contributed by atoms with Gasteiger partial charge in [0.05, 0.1) is 27.5 Å². The Labute approximate surface area is 239 Å². The highest BCUT2D eigenvalue weighted by Gasteiger charge is 2.34. The predicted octanol–water partition coefficient (Wildman–Crippen LogP) is 6.33. The molecule has 1 atom stereocenters. The zero-order chi connectivity index (χ0) is 27.8. The van der Waals surface area contributed by atoms with Crippen LogP contribution in [0.5, 0.6) is 11.5 Å². The second kappa shape index (κ2) is 10.6. The summed E-state index contributed by atoms with van der Waals surface area (Å²) in [4.78, 5) is 47.5. The van der Waals surface area contributed by atoms with Crippen molar-refractivity contribution in [2.45, 2.75) is 18.9 Å². The molecule has 2 aromatic heterocycles. The lowest BCUT2D eigenvalue weighted by molar-refractivity contribution is -0.127. The second-order valence-electron chi connectivity index (χ2n) is 9.41. The largest absolute Gasteiger partial charge is 0.457 e. The number of rotatable bonds is 6. The van der Waals surface area contributed by atoms with Crippen molar-refractivity contribution < 1.29 is 19.1 Å². The van der Waals surface area contributed by atoms with Crippen molar-refractivity contribution in [1.29, 1.82) is 0 Å². The van der Waals surface area contributed by atoms with Crippen molar-refractivity contribution in [3.8, 4) is 11.5 Å². The van der Waals surface area contributed by atoms with Gasteiger partial charge in [-0.15, -0.1) is 11.3 Å². The number of benzene rings is 2. The first-order chi connectivity index (χ1) is 19.4. The van der Waals surface area contributed by atoms with Crippen LogP contribution < -0.4 is 20.3 Å². The summed E-state index contributed by atoms with van der Waals surface area (Å²) in [7, 11) is 0. The van der Waals surface area contributed by atoms with Crippen LogP contribution in [0.4, 0.5) is 21.9 Å². The Bertz CT molecular complexity index is 1660. The van der Waals surface area contributed by atoms with Gasteiger partial charge in [-0.05, 0) is 49.2 Å². The number of halogens is 1. The summed E-state index contributed by atoms with van der Waals surface area (Å²) in [5.41, 5.74) is 1.44. The van der Waals surface area contributed by atoms with E-state index in [9.17, 15) is 14.4 Å². The van der Waals surface area contributed by atoms with Gasteiger partial charge in [0.1, 0.15) is 21.2 Å². The number of ether oxygens (including phenoxy) is 1. The summed E-state index contributed by atoms with van der Waals surface area (Å²) in [6.45, 7) is 4.59. The number of aromatic nitrogens is 1. The molecular formula is C29H24ClN5O4S. The minimum atomic E-state index is -0.452. The van der Waals surface area contributed by atoms with Crippen LogP contribution in [0.15, 0.2) is 73.4 Å². The first-order valence-electron chi connectivity index (χ1n) is 12.7. The molecule has 0 aliphatic carbocycles. The molecular weight excluding hydrogens is 550 g/mol. The number of hydrogen-bond donors (Lipinski definition) is 2. The topological polar surface area (TPSA) is 104 Å². The summed E-state index contributed by atoms with van der Waals surface area (Å²) < 4.78 is 5.88. The van der Waals surface area contributed by atoms with Crippen LogP contribution in [0.3, 0.4) is 0 Å². The van der Waals surface area contributed by atoms with E-state index in [-0.39, 0.29) is 17.9 Å². The number of nitrogens with zero attached hydrogens (tertiary/aromatic N) is 3. The minimum Gasteiger partial charge on any atom is -0.457 e. The molecule has 202 valence electrons. The number of nitrogens with one attached hydrogen (secondary N) is 2. The first-order valence-corrected chi connectivity index (χ1v) is 13.9. The molecule has 40 heavy (non-hydrogen) atoms. The van der Waals surface area contributed by atoms with Crippen LogP contribution in [-0.2, 0) is 4.79 Å². The number of hydrogen-bond acceptors (Lipinski definition) is 6. The highest BCUT2D eigenvalue weighted by molar-refractivity contribution is 7.21. The Hall–Kier alpha value is -4.41. The van der Waals surface area contributed by atoms with Gasteiger partial charge in [-0.2, -0.15) is 0 Å². The lowest BCUT2D eigenvalue weighted by atomic mass is 10.1. The molecule has 2 N–H and O–H groups in total. The van der Waals surface area contributed by atoms with Gasteiger partial charge >= 0.3 is 6.03 Å². The van der Waals surface area contributed by atoms with Gasteiger partial charge in [0.25, 0.3) is 5.91 Å². The number of carbonyl (C=O) groups is 3. The van der Waals surface area contributed by atoms with Crippen LogP contribution >= 0.6 is 22.9 Å². The second-order valence-corrected chi connectivity index (χ2v) is 10.8. The number of likely N-dealkylation sites (tertiary alicyclic amines) is 1. The molecule has 4 aromatic rings. The fourth-order valence-corrected chi connectivity index (χ4v) is 6.29. The van der Waals surface area contributed by atoms with Crippen LogP contribution in [0.2, 0.25) is 5.02 Å². The SMILES string of the molecule is C=CC(=O)N1CCC[C@@H](NC(=O)c2sc3nccc4c3c2NC(=O)N4c2ccc(Oc3ccccc3)cc2Cl)C1. The molecule has 11 heteroatoms. The van der Waals surface area contributed by atoms with E-state index in [2.05, 4.69) is 22.2 Å². The third-order valence-electron chi connectivity index (χ3n) is 6.83. The summed E-state index contributed by atoms with van der Waals surface area (Å²) in [6, 6.07) is 15.5. The van der Waals surface area contributed by atoms with E-state index in [1.165, 1.54) is 22.3 Å². The summed E-state index contributed by atoms with van der Waals surface area (Å²) >= 11 is 7.86. The van der Waals surface area contributed by atoms with Gasteiger partial charge in [-0.1, -0.05) is 36.4 Å². The number of para-hydroxylation sites is 1. The highest BCUT2D eigenvalue weighted by Crippen LogP contribution is 2.47. The van der Waals surface area contributed by atoms with Gasteiger partial charge in [0.15, 0.2) is 0 Å². The number of anilines is 3. The minimum absolute atomic E-state index is 0.157. The molecule has 4 amide bonds. The number of piperidine rings is 1. The van der Waals surface area contributed by atoms with Gasteiger partial charge < -0.3 is 20.3 Å². The number of pyridine rings is 1. The van der Waals surface area contributed by atoms with E-state index in [0.29, 0.717) is 61.8 Å². The fraction of sp³-hybridized carbons (Fsp3) is 0.172. The van der Waals surface area contributed by atoms with Crippen molar-refractivity contribution in [3.05, 3.63) is 83.3 Å². The van der Waals surface area contributed by atoms with Gasteiger partial charge in [-0.3, -0.25) is 14.5 Å². The monoisotopic (exact) mass is 573 g/mol. The highest BCUT2D eigenvalue weighted by atomic mass is 35.5. The van der Waals surface area contributed by atoms with Gasteiger partial charge in [0.2, 0.25) is 5.91 Å². The molecule has 1 fully saturated rings. The van der Waals surface area contributed by atoms with Crippen molar-refractivity contribution >= 4 is 68.1 Å². The zero-order valence-electron chi connectivity index (χ0n) is 21.2. The average molecular weight is 574 g/mol. The molecule has 2 aliphatic rings. The molecule has 0 bridgehead atoms. The van der Waals surface area contributed by atoms with Crippen LogP contribution in [0, 0.1) is 0 Å². The van der Waals surface area contributed by atoms with E-state index >= 15 is 0 Å². The molecule has 9 nitrogen and oxygen atoms in total. The van der Waals surface area contributed by atoms with E-state index in [0.717, 1.165) is 12.8 Å². The van der Waals surface area contributed by atoms with E-state index in [4.69, 9.17) is 16.3 Å². The number of thiophene rings is 1. The summed E-state index contributed by atoms with van der Waals surface area (Å²) in [5, 5.41) is 6.90. The van der Waals surface area contributed by atoms with Crippen LogP contribution in [0.1, 0.15) is 22.5 Å². The van der Waals surface area contributed by atoms with Crippen molar-refractivity contribution in [1.82, 2.24) is 15.2 Å². The molecule has 0 saturated carbocycles. The molecule has 2 aromatic carbocycles. The molecule has 0 radical (unpaired) electrons. The smallest absolute Gasteiger partial charge is 0.331 e. The molecule has 4 heterocycles. The lowest BCUT2D eigenvalue weighted by Gasteiger charge is -2.32. The van der Waals surface area contributed by atoms with Crippen molar-refractivity contribution in [3.63, 3.8) is 0 Å². The zero-order valence-corrected chi connectivity index (χ0v) is 22.8. The maximum atomic E-state index is 13.5. The Morgan fingerprint density at radius 3 is 2.75 bits per heavy atom. The predicted molar refractivity (Wildman–Crippen MR) is 156 cm³/mol. The molecule has 2 aliphatic heterocycles. The Morgan fingerprint density at radius 1 is 1.15 bits per heavy atom. The Morgan fingerprint density at radius 2 is 1.98 bits per heavy atom. The maximum Gasteiger partial charge on any atom is 0.331 e. The van der Waals surface area contributed by atoms with E-state index < -0.39 is 6.03 Å².